The van der Waals surface area contributed by atoms with E-state index in [4.69, 9.17) is 11.5 Å². The lowest BCUT2D eigenvalue weighted by Crippen LogP contribution is -2.05. The summed E-state index contributed by atoms with van der Waals surface area (Å²) in [7, 11) is 0. The number of aryl methyl sites for hydroxylation is 1. The minimum absolute atomic E-state index is 0.174. The zero-order valence-corrected chi connectivity index (χ0v) is 6.39. The Balaban J connectivity index is 3.29. The van der Waals surface area contributed by atoms with E-state index < -0.39 is 5.82 Å². The van der Waals surface area contributed by atoms with Crippen LogP contribution in [0.25, 0.3) is 0 Å². The van der Waals surface area contributed by atoms with Gasteiger partial charge in [-0.3, -0.25) is 0 Å². The highest BCUT2D eigenvalue weighted by atomic mass is 19.1. The number of hydrogen-bond acceptors (Lipinski definition) is 2. The highest BCUT2D eigenvalue weighted by Crippen LogP contribution is 2.18. The summed E-state index contributed by atoms with van der Waals surface area (Å²) in [6.45, 7) is 2.15. The van der Waals surface area contributed by atoms with Gasteiger partial charge in [0.25, 0.3) is 0 Å². The second-order valence-corrected chi connectivity index (χ2v) is 2.46. The van der Waals surface area contributed by atoms with Crippen LogP contribution in [0.1, 0.15) is 11.1 Å². The van der Waals surface area contributed by atoms with E-state index >= 15 is 0 Å². The van der Waals surface area contributed by atoms with Crippen LogP contribution in [0.3, 0.4) is 0 Å². The molecule has 0 fully saturated rings. The van der Waals surface area contributed by atoms with Crippen LogP contribution in [0, 0.1) is 12.7 Å². The molecule has 11 heavy (non-hydrogen) atoms. The molecule has 0 bridgehead atoms. The van der Waals surface area contributed by atoms with Crippen molar-refractivity contribution in [3.63, 3.8) is 0 Å². The highest BCUT2D eigenvalue weighted by molar-refractivity contribution is 5.51. The normalized spacial score (nSPS) is 10.1. The van der Waals surface area contributed by atoms with E-state index in [9.17, 15) is 4.39 Å². The van der Waals surface area contributed by atoms with E-state index in [-0.39, 0.29) is 12.2 Å². The second-order valence-electron chi connectivity index (χ2n) is 2.46. The van der Waals surface area contributed by atoms with Gasteiger partial charge in [0.05, 0.1) is 5.69 Å². The van der Waals surface area contributed by atoms with Crippen LogP contribution in [0.4, 0.5) is 10.1 Å². The van der Waals surface area contributed by atoms with Gasteiger partial charge in [-0.25, -0.2) is 4.39 Å². The van der Waals surface area contributed by atoms with Gasteiger partial charge >= 0.3 is 0 Å². The molecule has 3 heteroatoms. The van der Waals surface area contributed by atoms with Gasteiger partial charge in [-0.2, -0.15) is 0 Å². The Hall–Kier alpha value is -1.09. The molecular formula is C8H11FN2. The molecule has 4 N–H and O–H groups in total. The Labute approximate surface area is 65.0 Å². The summed E-state index contributed by atoms with van der Waals surface area (Å²) in [5.74, 6) is -0.393. The molecule has 0 atom stereocenters. The Morgan fingerprint density at radius 2 is 2.09 bits per heavy atom. The minimum Gasteiger partial charge on any atom is -0.396 e. The van der Waals surface area contributed by atoms with E-state index in [1.807, 2.05) is 6.92 Å². The molecule has 0 amide bonds. The zero-order valence-electron chi connectivity index (χ0n) is 6.39. The maximum absolute atomic E-state index is 12.8. The van der Waals surface area contributed by atoms with Crippen LogP contribution < -0.4 is 11.5 Å². The SMILES string of the molecule is Cc1ccc(F)c(N)c1CN. The van der Waals surface area contributed by atoms with Crippen LogP contribution in [0.15, 0.2) is 12.1 Å². The van der Waals surface area contributed by atoms with Gasteiger partial charge in [-0.1, -0.05) is 6.07 Å². The largest absolute Gasteiger partial charge is 0.396 e. The molecule has 60 valence electrons. The van der Waals surface area contributed by atoms with Crippen molar-refractivity contribution in [2.75, 3.05) is 5.73 Å². The molecule has 0 spiro atoms. The Morgan fingerprint density at radius 1 is 1.45 bits per heavy atom. The average molecular weight is 154 g/mol. The number of halogens is 1. The number of nitrogens with two attached hydrogens (primary N) is 2. The second kappa shape index (κ2) is 2.88. The first-order chi connectivity index (χ1) is 5.16. The van der Waals surface area contributed by atoms with Crippen LogP contribution in [-0.2, 0) is 6.54 Å². The topological polar surface area (TPSA) is 52.0 Å². The lowest BCUT2D eigenvalue weighted by molar-refractivity contribution is 0.630. The van der Waals surface area contributed by atoms with Crippen molar-refractivity contribution >= 4 is 5.69 Å². The van der Waals surface area contributed by atoms with Crippen molar-refractivity contribution in [2.24, 2.45) is 5.73 Å². The van der Waals surface area contributed by atoms with Crippen LogP contribution in [-0.4, -0.2) is 0 Å². The number of hydrogen-bond donors (Lipinski definition) is 2. The number of nitrogen functional groups attached to an aromatic ring is 1. The fraction of sp³-hybridized carbons (Fsp3) is 0.250. The van der Waals surface area contributed by atoms with E-state index in [1.54, 1.807) is 6.07 Å². The van der Waals surface area contributed by atoms with Crippen molar-refractivity contribution < 1.29 is 4.39 Å². The summed E-state index contributed by atoms with van der Waals surface area (Å²) in [5, 5.41) is 0. The molecular weight excluding hydrogens is 143 g/mol. The molecule has 1 aromatic carbocycles. The summed E-state index contributed by atoms with van der Waals surface area (Å²) < 4.78 is 12.8. The third-order valence-corrected chi connectivity index (χ3v) is 1.74. The highest BCUT2D eigenvalue weighted by Gasteiger charge is 2.05. The monoisotopic (exact) mass is 154 g/mol. The molecule has 0 aliphatic rings. The molecule has 0 radical (unpaired) electrons. The van der Waals surface area contributed by atoms with Gasteiger partial charge in [0.2, 0.25) is 0 Å². The van der Waals surface area contributed by atoms with Crippen LogP contribution in [0.2, 0.25) is 0 Å². The Morgan fingerprint density at radius 3 is 2.55 bits per heavy atom. The first-order valence-corrected chi connectivity index (χ1v) is 3.40. The summed E-state index contributed by atoms with van der Waals surface area (Å²) in [4.78, 5) is 0. The van der Waals surface area contributed by atoms with Crippen molar-refractivity contribution in [2.45, 2.75) is 13.5 Å². The lowest BCUT2D eigenvalue weighted by Gasteiger charge is -2.06. The van der Waals surface area contributed by atoms with E-state index in [2.05, 4.69) is 0 Å². The van der Waals surface area contributed by atoms with Gasteiger partial charge in [0, 0.05) is 6.54 Å². The smallest absolute Gasteiger partial charge is 0.146 e. The summed E-state index contributed by atoms with van der Waals surface area (Å²) >= 11 is 0. The number of rotatable bonds is 1. The molecule has 0 aliphatic carbocycles. The predicted octanol–water partition coefficient (Wildman–Crippen LogP) is 1.18. The third kappa shape index (κ3) is 1.33. The van der Waals surface area contributed by atoms with E-state index in [0.29, 0.717) is 5.56 Å². The number of benzene rings is 1. The summed E-state index contributed by atoms with van der Waals surface area (Å²) in [6.07, 6.45) is 0. The summed E-state index contributed by atoms with van der Waals surface area (Å²) in [6, 6.07) is 3.03. The van der Waals surface area contributed by atoms with Crippen LogP contribution >= 0.6 is 0 Å². The molecule has 0 aromatic heterocycles. The third-order valence-electron chi connectivity index (χ3n) is 1.74. The molecule has 0 saturated heterocycles. The van der Waals surface area contributed by atoms with Gasteiger partial charge in [0.15, 0.2) is 0 Å². The van der Waals surface area contributed by atoms with Crippen molar-refractivity contribution in [3.05, 3.63) is 29.1 Å². The van der Waals surface area contributed by atoms with Crippen LogP contribution in [0.5, 0.6) is 0 Å². The maximum atomic E-state index is 12.8. The first kappa shape index (κ1) is 8.01. The summed E-state index contributed by atoms with van der Waals surface area (Å²) in [5.41, 5.74) is 12.6. The Kier molecular flexibility index (Phi) is 2.10. The maximum Gasteiger partial charge on any atom is 0.146 e. The van der Waals surface area contributed by atoms with Gasteiger partial charge in [0.1, 0.15) is 5.82 Å². The first-order valence-electron chi connectivity index (χ1n) is 3.40. The quantitative estimate of drug-likeness (QED) is 0.597. The van der Waals surface area contributed by atoms with E-state index in [1.165, 1.54) is 6.07 Å². The fourth-order valence-electron chi connectivity index (χ4n) is 1.02. The lowest BCUT2D eigenvalue weighted by atomic mass is 10.1. The number of anilines is 1. The molecule has 2 nitrogen and oxygen atoms in total. The minimum atomic E-state index is -0.393. The van der Waals surface area contributed by atoms with Crippen molar-refractivity contribution in [1.82, 2.24) is 0 Å². The van der Waals surface area contributed by atoms with Gasteiger partial charge in [-0.05, 0) is 24.1 Å². The molecule has 0 heterocycles. The fourth-order valence-corrected chi connectivity index (χ4v) is 1.02. The molecule has 0 saturated carbocycles. The average Bonchev–Trinajstić information content (AvgIpc) is 1.99. The van der Waals surface area contributed by atoms with Gasteiger partial charge in [-0.15, -0.1) is 0 Å². The zero-order chi connectivity index (χ0) is 8.43. The van der Waals surface area contributed by atoms with Gasteiger partial charge < -0.3 is 11.5 Å². The molecule has 1 rings (SSSR count). The molecule has 0 unspecified atom stereocenters. The standard InChI is InChI=1S/C8H11FN2/c1-5-2-3-7(9)8(11)6(5)4-10/h2-3H,4,10-11H2,1H3. The van der Waals surface area contributed by atoms with Crippen molar-refractivity contribution in [1.29, 1.82) is 0 Å². The van der Waals surface area contributed by atoms with E-state index in [0.717, 1.165) is 5.56 Å². The molecule has 1 aromatic rings. The Bertz CT molecular complexity index is 271. The van der Waals surface area contributed by atoms with Crippen molar-refractivity contribution in [3.8, 4) is 0 Å². The predicted molar refractivity (Wildman–Crippen MR) is 43.4 cm³/mol. The molecule has 0 aliphatic heterocycles.